The molecule has 2 rings (SSSR count). The molecule has 1 aliphatic rings. The predicted octanol–water partition coefficient (Wildman–Crippen LogP) is 1.14. The van der Waals surface area contributed by atoms with E-state index in [1.165, 1.54) is 18.7 Å². The first-order chi connectivity index (χ1) is 6.57. The Labute approximate surface area is 81.6 Å². The van der Waals surface area contributed by atoms with Gasteiger partial charge >= 0.3 is 0 Å². The number of hydrogen-bond donors (Lipinski definition) is 1. The summed E-state index contributed by atoms with van der Waals surface area (Å²) in [7, 11) is 0. The molecule has 2 heterocycles. The SMILES string of the molecule is CC1(C)OC=C(c2ncc(N)cn2)O1. The van der Waals surface area contributed by atoms with Gasteiger partial charge in [0.1, 0.15) is 6.26 Å². The van der Waals surface area contributed by atoms with Crippen LogP contribution in [0.2, 0.25) is 0 Å². The molecular formula is C9H11N3O2. The van der Waals surface area contributed by atoms with Crippen molar-refractivity contribution in [3.05, 3.63) is 24.5 Å². The summed E-state index contributed by atoms with van der Waals surface area (Å²) >= 11 is 0. The van der Waals surface area contributed by atoms with E-state index in [1.807, 2.05) is 13.8 Å². The van der Waals surface area contributed by atoms with E-state index in [0.29, 0.717) is 17.3 Å². The number of aromatic nitrogens is 2. The Hall–Kier alpha value is -1.78. The van der Waals surface area contributed by atoms with Crippen LogP contribution in [0.1, 0.15) is 19.7 Å². The number of nitrogens with zero attached hydrogens (tertiary/aromatic N) is 2. The van der Waals surface area contributed by atoms with E-state index >= 15 is 0 Å². The first-order valence-electron chi connectivity index (χ1n) is 4.22. The third kappa shape index (κ3) is 1.61. The summed E-state index contributed by atoms with van der Waals surface area (Å²) in [5.41, 5.74) is 5.98. The average Bonchev–Trinajstić information content (AvgIpc) is 2.47. The van der Waals surface area contributed by atoms with Crippen molar-refractivity contribution in [1.29, 1.82) is 0 Å². The lowest BCUT2D eigenvalue weighted by atomic mass is 10.4. The van der Waals surface area contributed by atoms with Crippen LogP contribution in [0.4, 0.5) is 5.69 Å². The van der Waals surface area contributed by atoms with Crippen molar-refractivity contribution in [2.24, 2.45) is 0 Å². The molecule has 0 radical (unpaired) electrons. The zero-order valence-corrected chi connectivity index (χ0v) is 8.02. The Morgan fingerprint density at radius 2 is 1.93 bits per heavy atom. The van der Waals surface area contributed by atoms with Gasteiger partial charge in [0.05, 0.1) is 18.1 Å². The van der Waals surface area contributed by atoms with Crippen LogP contribution in [-0.4, -0.2) is 15.8 Å². The Balaban J connectivity index is 2.22. The first-order valence-corrected chi connectivity index (χ1v) is 4.22. The molecule has 1 aromatic heterocycles. The minimum absolute atomic E-state index is 0.477. The molecule has 0 fully saturated rings. The number of hydrogen-bond acceptors (Lipinski definition) is 5. The number of nitrogens with two attached hydrogens (primary N) is 1. The molecule has 0 bridgehead atoms. The van der Waals surface area contributed by atoms with E-state index in [2.05, 4.69) is 9.97 Å². The van der Waals surface area contributed by atoms with Crippen LogP contribution < -0.4 is 5.73 Å². The summed E-state index contributed by atoms with van der Waals surface area (Å²) in [6.07, 6.45) is 4.56. The molecule has 0 aromatic carbocycles. The summed E-state index contributed by atoms with van der Waals surface area (Å²) in [5, 5.41) is 0. The second-order valence-corrected chi connectivity index (χ2v) is 3.44. The number of nitrogen functional groups attached to an aromatic ring is 1. The molecule has 14 heavy (non-hydrogen) atoms. The van der Waals surface area contributed by atoms with E-state index in [0.717, 1.165) is 0 Å². The summed E-state index contributed by atoms with van der Waals surface area (Å²) in [5.74, 6) is 0.361. The summed E-state index contributed by atoms with van der Waals surface area (Å²) in [4.78, 5) is 8.03. The highest BCUT2D eigenvalue weighted by Crippen LogP contribution is 2.28. The zero-order chi connectivity index (χ0) is 10.2. The quantitative estimate of drug-likeness (QED) is 0.724. The average molecular weight is 193 g/mol. The van der Waals surface area contributed by atoms with Crippen LogP contribution in [0, 0.1) is 0 Å². The van der Waals surface area contributed by atoms with E-state index in [4.69, 9.17) is 15.2 Å². The van der Waals surface area contributed by atoms with E-state index in [1.54, 1.807) is 0 Å². The number of ether oxygens (including phenoxy) is 2. The summed E-state index contributed by atoms with van der Waals surface area (Å²) in [6.45, 7) is 3.63. The minimum Gasteiger partial charge on any atom is -0.457 e. The maximum absolute atomic E-state index is 5.46. The lowest BCUT2D eigenvalue weighted by Crippen LogP contribution is -2.20. The summed E-state index contributed by atoms with van der Waals surface area (Å²) < 4.78 is 10.7. The highest BCUT2D eigenvalue weighted by atomic mass is 16.7. The van der Waals surface area contributed by atoms with Gasteiger partial charge in [-0.2, -0.15) is 0 Å². The molecule has 5 heteroatoms. The van der Waals surface area contributed by atoms with Crippen molar-refractivity contribution in [2.45, 2.75) is 19.6 Å². The van der Waals surface area contributed by atoms with Crippen LogP contribution in [0.5, 0.6) is 0 Å². The molecule has 5 nitrogen and oxygen atoms in total. The van der Waals surface area contributed by atoms with E-state index in [9.17, 15) is 0 Å². The van der Waals surface area contributed by atoms with Crippen LogP contribution in [0.25, 0.3) is 5.76 Å². The van der Waals surface area contributed by atoms with Gasteiger partial charge in [-0.15, -0.1) is 0 Å². The Morgan fingerprint density at radius 1 is 1.29 bits per heavy atom. The van der Waals surface area contributed by atoms with Crippen LogP contribution in [0.15, 0.2) is 18.7 Å². The van der Waals surface area contributed by atoms with Gasteiger partial charge in [0.25, 0.3) is 0 Å². The molecule has 0 aliphatic carbocycles. The van der Waals surface area contributed by atoms with Gasteiger partial charge in [0.2, 0.25) is 11.5 Å². The third-order valence-electron chi connectivity index (χ3n) is 1.70. The zero-order valence-electron chi connectivity index (χ0n) is 8.02. The van der Waals surface area contributed by atoms with Gasteiger partial charge in [0.15, 0.2) is 5.82 Å². The molecule has 1 aromatic rings. The fraction of sp³-hybridized carbons (Fsp3) is 0.333. The van der Waals surface area contributed by atoms with Crippen molar-refractivity contribution in [3.63, 3.8) is 0 Å². The van der Waals surface area contributed by atoms with E-state index < -0.39 is 5.79 Å². The molecule has 0 atom stereocenters. The topological polar surface area (TPSA) is 70.3 Å². The molecule has 74 valence electrons. The molecule has 2 N–H and O–H groups in total. The molecule has 0 saturated carbocycles. The highest BCUT2D eigenvalue weighted by Gasteiger charge is 2.29. The molecule has 0 unspecified atom stereocenters. The second kappa shape index (κ2) is 2.87. The lowest BCUT2D eigenvalue weighted by Gasteiger charge is -2.17. The van der Waals surface area contributed by atoms with Crippen LogP contribution >= 0.6 is 0 Å². The predicted molar refractivity (Wildman–Crippen MR) is 50.7 cm³/mol. The van der Waals surface area contributed by atoms with Crippen molar-refractivity contribution in [2.75, 3.05) is 5.73 Å². The Kier molecular flexibility index (Phi) is 1.80. The van der Waals surface area contributed by atoms with Crippen molar-refractivity contribution in [3.8, 4) is 0 Å². The largest absolute Gasteiger partial charge is 0.457 e. The van der Waals surface area contributed by atoms with Crippen LogP contribution in [-0.2, 0) is 9.47 Å². The number of anilines is 1. The minimum atomic E-state index is -0.639. The third-order valence-corrected chi connectivity index (χ3v) is 1.70. The molecule has 1 aliphatic heterocycles. The Morgan fingerprint density at radius 3 is 2.43 bits per heavy atom. The molecular weight excluding hydrogens is 182 g/mol. The lowest BCUT2D eigenvalue weighted by molar-refractivity contribution is -0.102. The van der Waals surface area contributed by atoms with Gasteiger partial charge in [0, 0.05) is 13.8 Å². The van der Waals surface area contributed by atoms with Gasteiger partial charge in [-0.1, -0.05) is 0 Å². The van der Waals surface area contributed by atoms with Gasteiger partial charge in [-0.25, -0.2) is 9.97 Å². The molecule has 0 spiro atoms. The summed E-state index contributed by atoms with van der Waals surface area (Å²) in [6, 6.07) is 0. The number of rotatable bonds is 1. The van der Waals surface area contributed by atoms with Gasteiger partial charge in [-0.05, 0) is 0 Å². The van der Waals surface area contributed by atoms with Crippen molar-refractivity contribution >= 4 is 11.4 Å². The van der Waals surface area contributed by atoms with Gasteiger partial charge < -0.3 is 15.2 Å². The van der Waals surface area contributed by atoms with Crippen LogP contribution in [0.3, 0.4) is 0 Å². The molecule has 0 amide bonds. The van der Waals surface area contributed by atoms with Crippen molar-refractivity contribution in [1.82, 2.24) is 9.97 Å². The van der Waals surface area contributed by atoms with Crippen molar-refractivity contribution < 1.29 is 9.47 Å². The fourth-order valence-electron chi connectivity index (χ4n) is 1.07. The maximum Gasteiger partial charge on any atom is 0.245 e. The standard InChI is InChI=1S/C9H11N3O2/c1-9(2)13-5-7(14-9)8-11-3-6(10)4-12-8/h3-5H,10H2,1-2H3. The normalized spacial score (nSPS) is 18.3. The second-order valence-electron chi connectivity index (χ2n) is 3.44. The molecule has 0 saturated heterocycles. The smallest absolute Gasteiger partial charge is 0.245 e. The van der Waals surface area contributed by atoms with E-state index in [-0.39, 0.29) is 0 Å². The Bertz CT molecular complexity index is 370. The fourth-order valence-corrected chi connectivity index (χ4v) is 1.07. The van der Waals surface area contributed by atoms with Gasteiger partial charge in [-0.3, -0.25) is 0 Å². The first kappa shape index (κ1) is 8.80. The highest BCUT2D eigenvalue weighted by molar-refractivity contribution is 5.53. The maximum atomic E-state index is 5.46. The monoisotopic (exact) mass is 193 g/mol.